The van der Waals surface area contributed by atoms with E-state index < -0.39 is 0 Å². The Bertz CT molecular complexity index is 371. The minimum Gasteiger partial charge on any atom is -0.311 e. The number of rotatable bonds is 6. The van der Waals surface area contributed by atoms with Gasteiger partial charge in [-0.1, -0.05) is 20.8 Å². The minimum absolute atomic E-state index is 0.0565. The summed E-state index contributed by atoms with van der Waals surface area (Å²) in [5.74, 6) is 1.29. The molecular weight excluding hydrogens is 202 g/mol. The zero-order valence-electron chi connectivity index (χ0n) is 10.3. The molecule has 0 radical (unpaired) electrons. The first-order valence-electron chi connectivity index (χ1n) is 5.91. The molecule has 0 aliphatic carbocycles. The third-order valence-corrected chi connectivity index (χ3v) is 2.18. The molecule has 0 aliphatic rings. The van der Waals surface area contributed by atoms with Crippen LogP contribution in [0.25, 0.3) is 0 Å². The largest absolute Gasteiger partial charge is 0.311 e. The number of H-pyrrole nitrogens is 1. The van der Waals surface area contributed by atoms with E-state index in [0.29, 0.717) is 12.5 Å². The lowest BCUT2D eigenvalue weighted by Gasteiger charge is -2.07. The Hall–Kier alpha value is -1.16. The summed E-state index contributed by atoms with van der Waals surface area (Å²) >= 11 is 0. The van der Waals surface area contributed by atoms with E-state index in [-0.39, 0.29) is 5.56 Å². The zero-order valence-corrected chi connectivity index (χ0v) is 10.3. The lowest BCUT2D eigenvalue weighted by Crippen LogP contribution is -2.20. The second kappa shape index (κ2) is 6.43. The van der Waals surface area contributed by atoms with Crippen LogP contribution in [-0.2, 0) is 13.0 Å². The Morgan fingerprint density at radius 2 is 2.25 bits per heavy atom. The molecule has 90 valence electrons. The van der Waals surface area contributed by atoms with Crippen molar-refractivity contribution < 1.29 is 0 Å². The molecule has 0 bridgehead atoms. The van der Waals surface area contributed by atoms with Crippen LogP contribution in [0.3, 0.4) is 0 Å². The van der Waals surface area contributed by atoms with Crippen molar-refractivity contribution in [1.29, 1.82) is 0 Å². The molecule has 4 nitrogen and oxygen atoms in total. The van der Waals surface area contributed by atoms with Crippen molar-refractivity contribution in [1.82, 2.24) is 15.3 Å². The summed E-state index contributed by atoms with van der Waals surface area (Å²) < 4.78 is 0. The van der Waals surface area contributed by atoms with Gasteiger partial charge >= 0.3 is 0 Å². The van der Waals surface area contributed by atoms with Crippen molar-refractivity contribution in [2.75, 3.05) is 6.54 Å². The number of nitrogens with one attached hydrogen (secondary N) is 2. The van der Waals surface area contributed by atoms with Crippen molar-refractivity contribution in [3.8, 4) is 0 Å². The van der Waals surface area contributed by atoms with E-state index in [1.54, 1.807) is 6.07 Å². The van der Waals surface area contributed by atoms with Gasteiger partial charge < -0.3 is 10.3 Å². The van der Waals surface area contributed by atoms with Gasteiger partial charge in [0.2, 0.25) is 0 Å². The fourth-order valence-corrected chi connectivity index (χ4v) is 1.53. The Morgan fingerprint density at radius 3 is 2.88 bits per heavy atom. The van der Waals surface area contributed by atoms with Gasteiger partial charge in [-0.3, -0.25) is 4.79 Å². The minimum atomic E-state index is -0.0565. The lowest BCUT2D eigenvalue weighted by molar-refractivity contribution is 0.606. The Morgan fingerprint density at radius 1 is 1.50 bits per heavy atom. The molecule has 0 atom stereocenters. The summed E-state index contributed by atoms with van der Waals surface area (Å²) in [5, 5.41) is 3.24. The van der Waals surface area contributed by atoms with E-state index in [4.69, 9.17) is 0 Å². The molecule has 0 aromatic carbocycles. The van der Waals surface area contributed by atoms with E-state index in [9.17, 15) is 4.79 Å². The Balaban J connectivity index is 2.69. The van der Waals surface area contributed by atoms with E-state index in [2.05, 4.69) is 36.1 Å². The van der Waals surface area contributed by atoms with Crippen LogP contribution in [0.2, 0.25) is 0 Å². The standard InChI is InChI=1S/C12H21N3O/c1-4-5-13-8-10-7-12(16)15-11(14-10)6-9(2)3/h7,9,13H,4-6,8H2,1-3H3,(H,14,15,16). The molecule has 1 heterocycles. The van der Waals surface area contributed by atoms with Crippen LogP contribution in [0, 0.1) is 5.92 Å². The van der Waals surface area contributed by atoms with Crippen LogP contribution in [0.15, 0.2) is 10.9 Å². The average Bonchev–Trinajstić information content (AvgIpc) is 2.16. The van der Waals surface area contributed by atoms with Crippen LogP contribution in [0.1, 0.15) is 38.7 Å². The van der Waals surface area contributed by atoms with Crippen LogP contribution in [0.5, 0.6) is 0 Å². The molecule has 16 heavy (non-hydrogen) atoms. The van der Waals surface area contributed by atoms with Crippen molar-refractivity contribution in [2.24, 2.45) is 5.92 Å². The second-order valence-electron chi connectivity index (χ2n) is 4.46. The molecule has 2 N–H and O–H groups in total. The Labute approximate surface area is 96.5 Å². The number of hydrogen-bond donors (Lipinski definition) is 2. The van der Waals surface area contributed by atoms with Gasteiger partial charge in [0.05, 0.1) is 5.69 Å². The van der Waals surface area contributed by atoms with Gasteiger partial charge in [-0.2, -0.15) is 0 Å². The van der Waals surface area contributed by atoms with Gasteiger partial charge in [0.1, 0.15) is 5.82 Å². The second-order valence-corrected chi connectivity index (χ2v) is 4.46. The third kappa shape index (κ3) is 4.57. The van der Waals surface area contributed by atoms with Crippen molar-refractivity contribution in [2.45, 2.75) is 40.2 Å². The maximum absolute atomic E-state index is 11.4. The summed E-state index contributed by atoms with van der Waals surface area (Å²) in [5.41, 5.74) is 0.770. The molecule has 1 aromatic rings. The first kappa shape index (κ1) is 12.9. The van der Waals surface area contributed by atoms with Crippen molar-refractivity contribution in [3.63, 3.8) is 0 Å². The van der Waals surface area contributed by atoms with Crippen LogP contribution in [0.4, 0.5) is 0 Å². The van der Waals surface area contributed by atoms with Gasteiger partial charge in [0.25, 0.3) is 5.56 Å². The van der Waals surface area contributed by atoms with Crippen LogP contribution >= 0.6 is 0 Å². The SMILES string of the molecule is CCCNCc1cc(=O)[nH]c(CC(C)C)n1. The fourth-order valence-electron chi connectivity index (χ4n) is 1.53. The summed E-state index contributed by atoms with van der Waals surface area (Å²) in [6.45, 7) is 7.96. The summed E-state index contributed by atoms with van der Waals surface area (Å²) in [6, 6.07) is 1.56. The van der Waals surface area contributed by atoms with E-state index in [1.807, 2.05) is 0 Å². The summed E-state index contributed by atoms with van der Waals surface area (Å²) in [4.78, 5) is 18.6. The van der Waals surface area contributed by atoms with E-state index >= 15 is 0 Å². The highest BCUT2D eigenvalue weighted by Crippen LogP contribution is 2.01. The Kier molecular flexibility index (Phi) is 5.19. The maximum Gasteiger partial charge on any atom is 0.251 e. The maximum atomic E-state index is 11.4. The number of aromatic amines is 1. The van der Waals surface area contributed by atoms with E-state index in [0.717, 1.165) is 30.9 Å². The van der Waals surface area contributed by atoms with Crippen molar-refractivity contribution in [3.05, 3.63) is 27.9 Å². The molecule has 1 aromatic heterocycles. The molecule has 0 aliphatic heterocycles. The smallest absolute Gasteiger partial charge is 0.251 e. The normalized spacial score (nSPS) is 11.0. The quantitative estimate of drug-likeness (QED) is 0.718. The number of hydrogen-bond acceptors (Lipinski definition) is 3. The highest BCUT2D eigenvalue weighted by molar-refractivity contribution is 5.03. The molecular formula is C12H21N3O. The first-order valence-corrected chi connectivity index (χ1v) is 5.91. The predicted molar refractivity (Wildman–Crippen MR) is 65.4 cm³/mol. The van der Waals surface area contributed by atoms with Crippen LogP contribution in [-0.4, -0.2) is 16.5 Å². The van der Waals surface area contributed by atoms with Crippen molar-refractivity contribution >= 4 is 0 Å². The van der Waals surface area contributed by atoms with Gasteiger partial charge in [-0.05, 0) is 18.9 Å². The molecule has 0 saturated heterocycles. The highest BCUT2D eigenvalue weighted by Gasteiger charge is 2.03. The molecule has 0 saturated carbocycles. The fraction of sp³-hybridized carbons (Fsp3) is 0.667. The summed E-state index contributed by atoms with van der Waals surface area (Å²) in [6.07, 6.45) is 1.90. The molecule has 0 amide bonds. The molecule has 0 unspecified atom stereocenters. The van der Waals surface area contributed by atoms with Gasteiger partial charge in [-0.15, -0.1) is 0 Å². The molecule has 4 heteroatoms. The zero-order chi connectivity index (χ0) is 12.0. The summed E-state index contributed by atoms with van der Waals surface area (Å²) in [7, 11) is 0. The predicted octanol–water partition coefficient (Wildman–Crippen LogP) is 1.47. The first-order chi connectivity index (χ1) is 7.61. The van der Waals surface area contributed by atoms with Gasteiger partial charge in [0, 0.05) is 19.0 Å². The third-order valence-electron chi connectivity index (χ3n) is 2.18. The lowest BCUT2D eigenvalue weighted by atomic mass is 10.1. The highest BCUT2D eigenvalue weighted by atomic mass is 16.1. The number of aromatic nitrogens is 2. The monoisotopic (exact) mass is 223 g/mol. The number of nitrogens with zero attached hydrogens (tertiary/aromatic N) is 1. The van der Waals surface area contributed by atoms with Gasteiger partial charge in [0.15, 0.2) is 0 Å². The average molecular weight is 223 g/mol. The van der Waals surface area contributed by atoms with E-state index in [1.165, 1.54) is 0 Å². The van der Waals surface area contributed by atoms with Gasteiger partial charge in [-0.25, -0.2) is 4.98 Å². The van der Waals surface area contributed by atoms with Crippen LogP contribution < -0.4 is 10.9 Å². The molecule has 1 rings (SSSR count). The topological polar surface area (TPSA) is 57.8 Å². The molecule has 0 spiro atoms. The molecule has 0 fully saturated rings.